The number of likely N-dealkylation sites (tertiary alicyclic amines) is 1. The Balaban J connectivity index is 2.58. The molecule has 1 heterocycles. The van der Waals surface area contributed by atoms with E-state index in [-0.39, 0.29) is 19.0 Å². The number of amides is 1. The summed E-state index contributed by atoms with van der Waals surface area (Å²) in [5, 5.41) is 17.7. The van der Waals surface area contributed by atoms with Crippen molar-refractivity contribution in [1.29, 1.82) is 0 Å². The van der Waals surface area contributed by atoms with Crippen LogP contribution in [0.5, 0.6) is 0 Å². The molecule has 1 aliphatic rings. The summed E-state index contributed by atoms with van der Waals surface area (Å²) >= 11 is 0. The second-order valence-corrected chi connectivity index (χ2v) is 2.53. The largest absolute Gasteiger partial charge is 0.465 e. The molecule has 0 bridgehead atoms. The Morgan fingerprint density at radius 1 is 1.64 bits per heavy atom. The third kappa shape index (κ3) is 1.44. The van der Waals surface area contributed by atoms with Crippen molar-refractivity contribution in [3.63, 3.8) is 0 Å². The van der Waals surface area contributed by atoms with Crippen molar-refractivity contribution in [3.05, 3.63) is 0 Å². The summed E-state index contributed by atoms with van der Waals surface area (Å²) in [6.45, 7) is 0.372. The van der Waals surface area contributed by atoms with Gasteiger partial charge in [0.25, 0.3) is 0 Å². The molecule has 11 heavy (non-hydrogen) atoms. The first-order chi connectivity index (χ1) is 5.15. The summed E-state index contributed by atoms with van der Waals surface area (Å²) in [6.07, 6.45) is 3.33. The van der Waals surface area contributed by atoms with Gasteiger partial charge in [-0.1, -0.05) is 5.92 Å². The minimum absolute atomic E-state index is 0.129. The van der Waals surface area contributed by atoms with E-state index >= 15 is 0 Å². The molecule has 4 heteroatoms. The summed E-state index contributed by atoms with van der Waals surface area (Å²) in [6, 6.07) is 0. The lowest BCUT2D eigenvalue weighted by atomic mass is 10.1. The van der Waals surface area contributed by atoms with Crippen molar-refractivity contribution in [2.45, 2.75) is 6.10 Å². The van der Waals surface area contributed by atoms with Crippen LogP contribution >= 0.6 is 0 Å². The topological polar surface area (TPSA) is 60.8 Å². The molecule has 4 nitrogen and oxygen atoms in total. The van der Waals surface area contributed by atoms with Gasteiger partial charge in [0.1, 0.15) is 0 Å². The maximum atomic E-state index is 10.4. The molecule has 1 aliphatic heterocycles. The standard InChI is InChI=1S/C7H9NO3/c1-2-5-3-8(7(10)11)4-6(5)9/h1,5-6,9H,3-4H2,(H,10,11). The molecule has 0 aromatic rings. The second-order valence-electron chi connectivity index (χ2n) is 2.53. The highest BCUT2D eigenvalue weighted by atomic mass is 16.4. The average Bonchev–Trinajstić information content (AvgIpc) is 2.31. The smallest absolute Gasteiger partial charge is 0.407 e. The molecular weight excluding hydrogens is 146 g/mol. The zero-order chi connectivity index (χ0) is 8.43. The van der Waals surface area contributed by atoms with Gasteiger partial charge in [0, 0.05) is 6.54 Å². The number of nitrogens with zero attached hydrogens (tertiary/aromatic N) is 1. The second kappa shape index (κ2) is 2.81. The molecule has 0 spiro atoms. The van der Waals surface area contributed by atoms with Crippen LogP contribution < -0.4 is 0 Å². The van der Waals surface area contributed by atoms with E-state index in [1.807, 2.05) is 0 Å². The van der Waals surface area contributed by atoms with Gasteiger partial charge in [0.2, 0.25) is 0 Å². The normalized spacial score (nSPS) is 30.0. The lowest BCUT2D eigenvalue weighted by Crippen LogP contribution is -2.27. The molecule has 60 valence electrons. The lowest BCUT2D eigenvalue weighted by molar-refractivity contribution is 0.137. The van der Waals surface area contributed by atoms with E-state index < -0.39 is 12.2 Å². The summed E-state index contributed by atoms with van der Waals surface area (Å²) in [5.41, 5.74) is 0. The molecule has 0 aromatic heterocycles. The van der Waals surface area contributed by atoms with Crippen molar-refractivity contribution in [2.75, 3.05) is 13.1 Å². The first kappa shape index (κ1) is 7.89. The van der Waals surface area contributed by atoms with Gasteiger partial charge in [0.05, 0.1) is 18.6 Å². The van der Waals surface area contributed by atoms with Crippen LogP contribution in [0, 0.1) is 18.3 Å². The highest BCUT2D eigenvalue weighted by molar-refractivity contribution is 5.65. The molecule has 0 aliphatic carbocycles. The number of rotatable bonds is 0. The Hall–Kier alpha value is -1.21. The summed E-state index contributed by atoms with van der Waals surface area (Å²) in [4.78, 5) is 11.5. The quantitative estimate of drug-likeness (QED) is 0.467. The van der Waals surface area contributed by atoms with Gasteiger partial charge in [-0.05, 0) is 0 Å². The van der Waals surface area contributed by atoms with E-state index in [0.717, 1.165) is 4.90 Å². The number of carboxylic acid groups (broad SMARTS) is 1. The maximum absolute atomic E-state index is 10.4. The Morgan fingerprint density at radius 3 is 2.55 bits per heavy atom. The van der Waals surface area contributed by atoms with E-state index in [1.54, 1.807) is 0 Å². The van der Waals surface area contributed by atoms with Crippen LogP contribution in [0.1, 0.15) is 0 Å². The number of aliphatic hydroxyl groups excluding tert-OH is 1. The van der Waals surface area contributed by atoms with Crippen LogP contribution in [0.3, 0.4) is 0 Å². The fraction of sp³-hybridized carbons (Fsp3) is 0.571. The number of β-amino-alcohol motifs (C(OH)–C–C–N with tert-alkyl or cyclic N) is 1. The van der Waals surface area contributed by atoms with E-state index in [0.29, 0.717) is 0 Å². The Bertz CT molecular complexity index is 208. The maximum Gasteiger partial charge on any atom is 0.407 e. The fourth-order valence-corrected chi connectivity index (χ4v) is 1.11. The van der Waals surface area contributed by atoms with E-state index in [1.165, 1.54) is 0 Å². The van der Waals surface area contributed by atoms with Gasteiger partial charge in [-0.3, -0.25) is 0 Å². The molecule has 1 fully saturated rings. The number of hydrogen-bond acceptors (Lipinski definition) is 2. The van der Waals surface area contributed by atoms with Crippen molar-refractivity contribution >= 4 is 6.09 Å². The van der Waals surface area contributed by atoms with Crippen molar-refractivity contribution < 1.29 is 15.0 Å². The molecule has 2 N–H and O–H groups in total. The van der Waals surface area contributed by atoms with Crippen LogP contribution in [0.2, 0.25) is 0 Å². The highest BCUT2D eigenvalue weighted by Gasteiger charge is 2.32. The zero-order valence-electron chi connectivity index (χ0n) is 5.90. The molecule has 0 radical (unpaired) electrons. The lowest BCUT2D eigenvalue weighted by Gasteiger charge is -2.08. The van der Waals surface area contributed by atoms with Crippen LogP contribution in [-0.2, 0) is 0 Å². The SMILES string of the molecule is C#CC1CN(C(=O)O)CC1O. The molecule has 2 atom stereocenters. The van der Waals surface area contributed by atoms with Gasteiger partial charge >= 0.3 is 6.09 Å². The molecular formula is C7H9NO3. The monoisotopic (exact) mass is 155 g/mol. The van der Waals surface area contributed by atoms with Crippen LogP contribution in [-0.4, -0.2) is 40.4 Å². The predicted molar refractivity (Wildman–Crippen MR) is 37.9 cm³/mol. The van der Waals surface area contributed by atoms with Gasteiger partial charge in [0.15, 0.2) is 0 Å². The highest BCUT2D eigenvalue weighted by Crippen LogP contribution is 2.15. The summed E-state index contributed by atoms with van der Waals surface area (Å²) < 4.78 is 0. The molecule has 0 aromatic carbocycles. The number of terminal acetylenes is 1. The number of hydrogen-bond donors (Lipinski definition) is 2. The van der Waals surface area contributed by atoms with E-state index in [9.17, 15) is 4.79 Å². The van der Waals surface area contributed by atoms with Crippen molar-refractivity contribution in [3.8, 4) is 12.3 Å². The molecule has 1 saturated heterocycles. The van der Waals surface area contributed by atoms with Gasteiger partial charge in [-0.25, -0.2) is 4.79 Å². The third-order valence-corrected chi connectivity index (χ3v) is 1.77. The first-order valence-corrected chi connectivity index (χ1v) is 3.27. The number of aliphatic hydroxyl groups is 1. The Labute approximate surface area is 64.4 Å². The van der Waals surface area contributed by atoms with Crippen molar-refractivity contribution in [1.82, 2.24) is 4.90 Å². The van der Waals surface area contributed by atoms with Crippen LogP contribution in [0.4, 0.5) is 4.79 Å². The van der Waals surface area contributed by atoms with E-state index in [2.05, 4.69) is 5.92 Å². The van der Waals surface area contributed by atoms with Crippen molar-refractivity contribution in [2.24, 2.45) is 5.92 Å². The zero-order valence-corrected chi connectivity index (χ0v) is 5.90. The van der Waals surface area contributed by atoms with Gasteiger partial charge in [-0.2, -0.15) is 0 Å². The van der Waals surface area contributed by atoms with Crippen LogP contribution in [0.15, 0.2) is 0 Å². The average molecular weight is 155 g/mol. The molecule has 1 amide bonds. The Kier molecular flexibility index (Phi) is 2.01. The van der Waals surface area contributed by atoms with E-state index in [4.69, 9.17) is 16.6 Å². The molecule has 0 saturated carbocycles. The van der Waals surface area contributed by atoms with Crippen LogP contribution in [0.25, 0.3) is 0 Å². The summed E-state index contributed by atoms with van der Waals surface area (Å²) in [7, 11) is 0. The van der Waals surface area contributed by atoms with Gasteiger partial charge in [-0.15, -0.1) is 6.42 Å². The Morgan fingerprint density at radius 2 is 2.27 bits per heavy atom. The minimum Gasteiger partial charge on any atom is -0.465 e. The minimum atomic E-state index is -1.03. The predicted octanol–water partition coefficient (Wildman–Crippen LogP) is -0.410. The number of carbonyl (C=O) groups is 1. The fourth-order valence-electron chi connectivity index (χ4n) is 1.11. The third-order valence-electron chi connectivity index (χ3n) is 1.77. The first-order valence-electron chi connectivity index (χ1n) is 3.27. The van der Waals surface area contributed by atoms with Gasteiger partial charge < -0.3 is 15.1 Å². The molecule has 2 unspecified atom stereocenters. The molecule has 1 rings (SSSR count). The summed E-state index contributed by atoms with van der Waals surface area (Å²) in [5.74, 6) is 2.00.